The number of unbranched alkanes of at least 4 members (excludes halogenated alkanes) is 1. The highest BCUT2D eigenvalue weighted by atomic mass is 19.1. The SMILES string of the molecule is CN1CC=NN(CCCCN2CC=C(c3ccccc3OCCF)CC2)C1=O. The van der Waals surface area contributed by atoms with Gasteiger partial charge in [0.25, 0.3) is 0 Å². The summed E-state index contributed by atoms with van der Waals surface area (Å²) in [6.45, 7) is 3.75. The van der Waals surface area contributed by atoms with Gasteiger partial charge in [0, 0.05) is 38.5 Å². The van der Waals surface area contributed by atoms with Gasteiger partial charge in [-0.05, 0) is 37.4 Å². The Balaban J connectivity index is 1.44. The number of carbonyl (C=O) groups excluding carboxylic acids is 1. The van der Waals surface area contributed by atoms with E-state index in [4.69, 9.17) is 4.74 Å². The van der Waals surface area contributed by atoms with Crippen molar-refractivity contribution in [3.8, 4) is 5.75 Å². The van der Waals surface area contributed by atoms with E-state index in [0.29, 0.717) is 13.1 Å². The Morgan fingerprint density at radius 3 is 2.79 bits per heavy atom. The molecule has 1 aromatic rings. The van der Waals surface area contributed by atoms with Gasteiger partial charge in [0.2, 0.25) is 0 Å². The van der Waals surface area contributed by atoms with Crippen molar-refractivity contribution in [2.75, 3.05) is 53.1 Å². The van der Waals surface area contributed by atoms with Gasteiger partial charge in [0.05, 0.1) is 6.54 Å². The molecule has 2 amide bonds. The summed E-state index contributed by atoms with van der Waals surface area (Å²) in [5.41, 5.74) is 2.34. The second-order valence-corrected chi connectivity index (χ2v) is 7.10. The van der Waals surface area contributed by atoms with Gasteiger partial charge >= 0.3 is 6.03 Å². The topological polar surface area (TPSA) is 48.4 Å². The summed E-state index contributed by atoms with van der Waals surface area (Å²) in [5, 5.41) is 5.72. The summed E-state index contributed by atoms with van der Waals surface area (Å²) >= 11 is 0. The first-order chi connectivity index (χ1) is 13.7. The van der Waals surface area contributed by atoms with E-state index in [2.05, 4.69) is 16.1 Å². The van der Waals surface area contributed by atoms with E-state index >= 15 is 0 Å². The zero-order valence-electron chi connectivity index (χ0n) is 16.5. The Morgan fingerprint density at radius 1 is 1.18 bits per heavy atom. The molecule has 2 aliphatic rings. The highest BCUT2D eigenvalue weighted by molar-refractivity contribution is 5.81. The normalized spacial score (nSPS) is 17.8. The molecule has 2 aliphatic heterocycles. The lowest BCUT2D eigenvalue weighted by Crippen LogP contribution is -2.43. The minimum absolute atomic E-state index is 0.0262. The molecule has 0 saturated heterocycles. The van der Waals surface area contributed by atoms with Crippen molar-refractivity contribution < 1.29 is 13.9 Å². The molecule has 1 aromatic carbocycles. The zero-order chi connectivity index (χ0) is 19.8. The summed E-state index contributed by atoms with van der Waals surface area (Å²) in [6, 6.07) is 7.83. The predicted octanol–water partition coefficient (Wildman–Crippen LogP) is 3.26. The minimum atomic E-state index is -0.480. The van der Waals surface area contributed by atoms with E-state index in [-0.39, 0.29) is 12.6 Å². The summed E-state index contributed by atoms with van der Waals surface area (Å²) in [7, 11) is 1.79. The van der Waals surface area contributed by atoms with E-state index in [0.717, 1.165) is 50.2 Å². The van der Waals surface area contributed by atoms with Gasteiger partial charge in [-0.25, -0.2) is 14.2 Å². The fourth-order valence-corrected chi connectivity index (χ4v) is 3.50. The summed E-state index contributed by atoms with van der Waals surface area (Å²) < 4.78 is 18.0. The Hall–Kier alpha value is -2.41. The van der Waals surface area contributed by atoms with Crippen molar-refractivity contribution in [2.45, 2.75) is 19.3 Å². The van der Waals surface area contributed by atoms with Crippen LogP contribution in [0.1, 0.15) is 24.8 Å². The highest BCUT2D eigenvalue weighted by Crippen LogP contribution is 2.30. The third-order valence-electron chi connectivity index (χ3n) is 5.08. The Labute approximate surface area is 166 Å². The number of benzene rings is 1. The first-order valence-corrected chi connectivity index (χ1v) is 9.93. The molecular weight excluding hydrogens is 359 g/mol. The molecule has 2 heterocycles. The number of ether oxygens (including phenoxy) is 1. The van der Waals surface area contributed by atoms with Gasteiger partial charge in [-0.2, -0.15) is 5.10 Å². The molecular formula is C21H29FN4O2. The fraction of sp³-hybridized carbons (Fsp3) is 0.524. The maximum Gasteiger partial charge on any atom is 0.340 e. The van der Waals surface area contributed by atoms with Crippen molar-refractivity contribution in [1.82, 2.24) is 14.8 Å². The molecule has 152 valence electrons. The quantitative estimate of drug-likeness (QED) is 0.610. The van der Waals surface area contributed by atoms with Crippen LogP contribution in [0.3, 0.4) is 0 Å². The lowest BCUT2D eigenvalue weighted by atomic mass is 9.98. The molecule has 6 nitrogen and oxygen atoms in total. The molecule has 0 unspecified atom stereocenters. The van der Waals surface area contributed by atoms with Crippen molar-refractivity contribution >= 4 is 17.8 Å². The summed E-state index contributed by atoms with van der Waals surface area (Å²) in [6.07, 6.45) is 6.93. The molecule has 0 radical (unpaired) electrons. The smallest absolute Gasteiger partial charge is 0.340 e. The van der Waals surface area contributed by atoms with Gasteiger partial charge in [-0.1, -0.05) is 24.3 Å². The molecule has 0 saturated carbocycles. The first kappa shape index (κ1) is 20.3. The molecule has 28 heavy (non-hydrogen) atoms. The molecule has 0 spiro atoms. The predicted molar refractivity (Wildman–Crippen MR) is 109 cm³/mol. The number of urea groups is 1. The number of para-hydroxylation sites is 1. The molecule has 0 atom stereocenters. The van der Waals surface area contributed by atoms with Gasteiger partial charge in [-0.15, -0.1) is 0 Å². The van der Waals surface area contributed by atoms with Crippen LogP contribution in [-0.4, -0.2) is 80.1 Å². The minimum Gasteiger partial charge on any atom is -0.490 e. The van der Waals surface area contributed by atoms with E-state index < -0.39 is 6.67 Å². The summed E-state index contributed by atoms with van der Waals surface area (Å²) in [5.74, 6) is 0.761. The second kappa shape index (κ2) is 10.2. The number of amides is 2. The van der Waals surface area contributed by atoms with Crippen LogP contribution in [0.2, 0.25) is 0 Å². The number of carbonyl (C=O) groups is 1. The van der Waals surface area contributed by atoms with Crippen LogP contribution in [0, 0.1) is 0 Å². The van der Waals surface area contributed by atoms with Crippen LogP contribution >= 0.6 is 0 Å². The zero-order valence-corrected chi connectivity index (χ0v) is 16.5. The monoisotopic (exact) mass is 388 g/mol. The molecule has 0 fully saturated rings. The Kier molecular flexibility index (Phi) is 7.42. The van der Waals surface area contributed by atoms with E-state index in [1.807, 2.05) is 24.3 Å². The average molecular weight is 388 g/mol. The molecule has 0 N–H and O–H groups in total. The molecule has 0 bridgehead atoms. The van der Waals surface area contributed by atoms with Gasteiger partial charge in [-0.3, -0.25) is 4.90 Å². The Bertz CT molecular complexity index is 722. The Morgan fingerprint density at radius 2 is 2.00 bits per heavy atom. The van der Waals surface area contributed by atoms with Crippen molar-refractivity contribution in [1.29, 1.82) is 0 Å². The largest absolute Gasteiger partial charge is 0.490 e. The standard InChI is InChI=1S/C21H29FN4O2/c1-24-16-11-23-26(21(24)27)13-5-4-12-25-14-8-18(9-15-25)19-6-2-3-7-20(19)28-17-10-22/h2-3,6-8,11H,4-5,9-10,12-17H2,1H3. The number of alkyl halides is 1. The highest BCUT2D eigenvalue weighted by Gasteiger charge is 2.20. The number of hydrogen-bond acceptors (Lipinski definition) is 4. The molecule has 7 heteroatoms. The average Bonchev–Trinajstić information content (AvgIpc) is 2.73. The van der Waals surface area contributed by atoms with Crippen molar-refractivity contribution in [3.63, 3.8) is 0 Å². The third kappa shape index (κ3) is 5.32. The van der Waals surface area contributed by atoms with E-state index in [1.165, 1.54) is 5.57 Å². The fourth-order valence-electron chi connectivity index (χ4n) is 3.50. The van der Waals surface area contributed by atoms with Gasteiger partial charge in [0.15, 0.2) is 0 Å². The van der Waals surface area contributed by atoms with E-state index in [1.54, 1.807) is 23.2 Å². The number of hydrazone groups is 1. The summed E-state index contributed by atoms with van der Waals surface area (Å²) in [4.78, 5) is 16.1. The van der Waals surface area contributed by atoms with Gasteiger partial charge < -0.3 is 9.64 Å². The maximum atomic E-state index is 12.4. The maximum absolute atomic E-state index is 12.4. The van der Waals surface area contributed by atoms with Crippen molar-refractivity contribution in [3.05, 3.63) is 35.9 Å². The molecule has 0 aliphatic carbocycles. The molecule has 3 rings (SSSR count). The van der Waals surface area contributed by atoms with E-state index in [9.17, 15) is 9.18 Å². The number of nitrogens with zero attached hydrogens (tertiary/aromatic N) is 4. The lowest BCUT2D eigenvalue weighted by molar-refractivity contribution is 0.162. The number of rotatable bonds is 9. The third-order valence-corrected chi connectivity index (χ3v) is 5.08. The number of hydrogen-bond donors (Lipinski definition) is 0. The van der Waals surface area contributed by atoms with Crippen LogP contribution in [-0.2, 0) is 0 Å². The van der Waals surface area contributed by atoms with Crippen LogP contribution in [0.4, 0.5) is 9.18 Å². The van der Waals surface area contributed by atoms with Crippen LogP contribution in [0.15, 0.2) is 35.4 Å². The van der Waals surface area contributed by atoms with Crippen LogP contribution in [0.5, 0.6) is 5.75 Å². The van der Waals surface area contributed by atoms with Gasteiger partial charge in [0.1, 0.15) is 19.0 Å². The first-order valence-electron chi connectivity index (χ1n) is 9.93. The van der Waals surface area contributed by atoms with Crippen molar-refractivity contribution in [2.24, 2.45) is 5.10 Å². The lowest BCUT2D eigenvalue weighted by Gasteiger charge is -2.28. The molecule has 0 aromatic heterocycles. The number of halogens is 1. The van der Waals surface area contributed by atoms with Crippen LogP contribution in [0.25, 0.3) is 5.57 Å². The second-order valence-electron chi connectivity index (χ2n) is 7.10. The van der Waals surface area contributed by atoms with Crippen LogP contribution < -0.4 is 4.74 Å².